The molecule has 4 rings (SSSR count). The molecule has 32 heavy (non-hydrogen) atoms. The predicted octanol–water partition coefficient (Wildman–Crippen LogP) is 2.33. The number of aromatic amines is 1. The Morgan fingerprint density at radius 1 is 1.03 bits per heavy atom. The molecule has 0 atom stereocenters. The predicted molar refractivity (Wildman–Crippen MR) is 116 cm³/mol. The summed E-state index contributed by atoms with van der Waals surface area (Å²) in [6.45, 7) is 2.06. The summed E-state index contributed by atoms with van der Waals surface area (Å²) < 4.78 is 14.9. The molecule has 3 aromatic heterocycles. The minimum Gasteiger partial charge on any atom is -0.347 e. The summed E-state index contributed by atoms with van der Waals surface area (Å²) >= 11 is 0. The molecule has 0 bridgehead atoms. The van der Waals surface area contributed by atoms with Gasteiger partial charge in [-0.1, -0.05) is 18.2 Å². The van der Waals surface area contributed by atoms with Gasteiger partial charge in [-0.05, 0) is 47.9 Å². The Hall–Kier alpha value is -4.27. The molecule has 4 aromatic rings. The summed E-state index contributed by atoms with van der Waals surface area (Å²) in [4.78, 5) is 43.5. The molecule has 3 heterocycles. The summed E-state index contributed by atoms with van der Waals surface area (Å²) in [5.74, 6) is -1.09. The van der Waals surface area contributed by atoms with Crippen LogP contribution in [0.5, 0.6) is 0 Å². The highest BCUT2D eigenvalue weighted by Crippen LogP contribution is 2.12. The number of halogens is 1. The Morgan fingerprint density at radius 2 is 1.78 bits per heavy atom. The van der Waals surface area contributed by atoms with Crippen LogP contribution < -0.4 is 16.2 Å². The number of hydrogen-bond donors (Lipinski definition) is 3. The molecule has 0 radical (unpaired) electrons. The molecule has 8 nitrogen and oxygen atoms in total. The van der Waals surface area contributed by atoms with E-state index in [-0.39, 0.29) is 36.1 Å². The highest BCUT2D eigenvalue weighted by atomic mass is 19.1. The normalized spacial score (nSPS) is 10.8. The van der Waals surface area contributed by atoms with Crippen LogP contribution >= 0.6 is 0 Å². The lowest BCUT2D eigenvalue weighted by Gasteiger charge is -2.07. The zero-order valence-electron chi connectivity index (χ0n) is 17.2. The molecule has 0 saturated carbocycles. The number of pyridine rings is 2. The van der Waals surface area contributed by atoms with Crippen LogP contribution in [-0.4, -0.2) is 26.2 Å². The number of hydrogen-bond acceptors (Lipinski definition) is 4. The number of nitrogens with one attached hydrogen (secondary N) is 3. The Kier molecular flexibility index (Phi) is 5.80. The molecule has 0 spiro atoms. The number of benzene rings is 1. The highest BCUT2D eigenvalue weighted by molar-refractivity contribution is 5.95. The van der Waals surface area contributed by atoms with E-state index in [1.165, 1.54) is 28.9 Å². The monoisotopic (exact) mass is 433 g/mol. The molecule has 3 N–H and O–H groups in total. The zero-order chi connectivity index (χ0) is 22.7. The average molecular weight is 433 g/mol. The van der Waals surface area contributed by atoms with Crippen LogP contribution in [0, 0.1) is 12.7 Å². The van der Waals surface area contributed by atoms with E-state index in [0.29, 0.717) is 22.5 Å². The van der Waals surface area contributed by atoms with Crippen LogP contribution in [-0.2, 0) is 13.1 Å². The van der Waals surface area contributed by atoms with Gasteiger partial charge in [0.05, 0.1) is 0 Å². The van der Waals surface area contributed by atoms with Gasteiger partial charge in [0.15, 0.2) is 0 Å². The minimum atomic E-state index is -0.412. The third kappa shape index (κ3) is 4.56. The number of imidazole rings is 1. The van der Waals surface area contributed by atoms with Crippen molar-refractivity contribution in [1.82, 2.24) is 25.0 Å². The first-order valence-electron chi connectivity index (χ1n) is 9.88. The van der Waals surface area contributed by atoms with Crippen molar-refractivity contribution in [2.24, 2.45) is 0 Å². The first-order chi connectivity index (χ1) is 15.4. The molecule has 0 aliphatic rings. The van der Waals surface area contributed by atoms with Gasteiger partial charge in [0, 0.05) is 31.5 Å². The molecule has 9 heteroatoms. The Morgan fingerprint density at radius 3 is 2.53 bits per heavy atom. The summed E-state index contributed by atoms with van der Waals surface area (Å²) in [7, 11) is 0. The van der Waals surface area contributed by atoms with E-state index < -0.39 is 5.91 Å². The van der Waals surface area contributed by atoms with Crippen LogP contribution in [0.1, 0.15) is 37.7 Å². The SMILES string of the molecule is Cc1cc(CNC(=O)c2cn3c(C(=O)NCc4cc[nH]c(=O)c4)cccc3n2)ccc1F. The zero-order valence-corrected chi connectivity index (χ0v) is 17.2. The van der Waals surface area contributed by atoms with Gasteiger partial charge in [-0.25, -0.2) is 9.37 Å². The Labute approximate surface area is 182 Å². The molecular formula is C23H20FN5O3. The summed E-state index contributed by atoms with van der Waals surface area (Å²) in [5.41, 5.74) is 2.57. The Bertz CT molecular complexity index is 1380. The van der Waals surface area contributed by atoms with E-state index in [2.05, 4.69) is 20.6 Å². The molecular weight excluding hydrogens is 413 g/mol. The first-order valence-corrected chi connectivity index (χ1v) is 9.88. The summed E-state index contributed by atoms with van der Waals surface area (Å²) in [6, 6.07) is 12.7. The van der Waals surface area contributed by atoms with Gasteiger partial charge in [0.1, 0.15) is 22.9 Å². The maximum absolute atomic E-state index is 13.4. The topological polar surface area (TPSA) is 108 Å². The lowest BCUT2D eigenvalue weighted by Crippen LogP contribution is -2.25. The number of rotatable bonds is 6. The number of amides is 2. The van der Waals surface area contributed by atoms with Crippen molar-refractivity contribution < 1.29 is 14.0 Å². The summed E-state index contributed by atoms with van der Waals surface area (Å²) in [5, 5.41) is 5.51. The average Bonchev–Trinajstić information content (AvgIpc) is 3.22. The molecule has 1 aromatic carbocycles. The fraction of sp³-hybridized carbons (Fsp3) is 0.130. The van der Waals surface area contributed by atoms with Gasteiger partial charge < -0.3 is 15.6 Å². The molecule has 0 aliphatic heterocycles. The maximum Gasteiger partial charge on any atom is 0.271 e. The number of aryl methyl sites for hydroxylation is 1. The lowest BCUT2D eigenvalue weighted by molar-refractivity contribution is 0.0935. The van der Waals surface area contributed by atoms with E-state index >= 15 is 0 Å². The third-order valence-corrected chi connectivity index (χ3v) is 4.93. The summed E-state index contributed by atoms with van der Waals surface area (Å²) in [6.07, 6.45) is 3.00. The molecule has 2 amide bonds. The minimum absolute atomic E-state index is 0.152. The second kappa shape index (κ2) is 8.84. The molecule has 162 valence electrons. The lowest BCUT2D eigenvalue weighted by atomic mass is 10.1. The van der Waals surface area contributed by atoms with Crippen LogP contribution in [0.25, 0.3) is 5.65 Å². The van der Waals surface area contributed by atoms with Gasteiger partial charge in [-0.3, -0.25) is 18.8 Å². The quantitative estimate of drug-likeness (QED) is 0.434. The number of carbonyl (C=O) groups excluding carboxylic acids is 2. The molecule has 0 aliphatic carbocycles. The van der Waals surface area contributed by atoms with Crippen molar-refractivity contribution in [3.8, 4) is 0 Å². The van der Waals surface area contributed by atoms with Crippen molar-refractivity contribution in [1.29, 1.82) is 0 Å². The van der Waals surface area contributed by atoms with E-state index in [1.807, 2.05) is 0 Å². The highest BCUT2D eigenvalue weighted by Gasteiger charge is 2.15. The smallest absolute Gasteiger partial charge is 0.271 e. The largest absolute Gasteiger partial charge is 0.347 e. The van der Waals surface area contributed by atoms with Crippen LogP contribution in [0.15, 0.2) is 65.7 Å². The second-order valence-corrected chi connectivity index (χ2v) is 7.28. The van der Waals surface area contributed by atoms with Crippen molar-refractivity contribution in [3.05, 3.63) is 105 Å². The number of nitrogens with zero attached hydrogens (tertiary/aromatic N) is 2. The van der Waals surface area contributed by atoms with Crippen LogP contribution in [0.4, 0.5) is 4.39 Å². The van der Waals surface area contributed by atoms with Crippen molar-refractivity contribution in [2.75, 3.05) is 0 Å². The first kappa shape index (κ1) is 21.0. The van der Waals surface area contributed by atoms with Gasteiger partial charge >= 0.3 is 0 Å². The fourth-order valence-electron chi connectivity index (χ4n) is 3.27. The van der Waals surface area contributed by atoms with Gasteiger partial charge in [0.2, 0.25) is 5.56 Å². The van der Waals surface area contributed by atoms with Gasteiger partial charge in [-0.15, -0.1) is 0 Å². The second-order valence-electron chi connectivity index (χ2n) is 7.28. The number of H-pyrrole nitrogens is 1. The third-order valence-electron chi connectivity index (χ3n) is 4.93. The molecule has 0 fully saturated rings. The Balaban J connectivity index is 1.48. The van der Waals surface area contributed by atoms with E-state index in [0.717, 1.165) is 5.56 Å². The standard InChI is InChI=1S/C23H20FN5O3/c1-14-9-15(5-6-17(14)24)11-26-22(31)18-13-29-19(3-2-4-20(29)28-18)23(32)27-12-16-7-8-25-21(30)10-16/h2-10,13H,11-12H2,1H3,(H,25,30)(H,26,31)(H,27,32). The number of fused-ring (bicyclic) bond motifs is 1. The maximum atomic E-state index is 13.4. The molecule has 0 unspecified atom stereocenters. The van der Waals surface area contributed by atoms with E-state index in [4.69, 9.17) is 0 Å². The molecule has 0 saturated heterocycles. The van der Waals surface area contributed by atoms with E-state index in [1.54, 1.807) is 43.3 Å². The van der Waals surface area contributed by atoms with Gasteiger partial charge in [0.25, 0.3) is 11.8 Å². The van der Waals surface area contributed by atoms with Gasteiger partial charge in [-0.2, -0.15) is 0 Å². The number of carbonyl (C=O) groups is 2. The van der Waals surface area contributed by atoms with E-state index in [9.17, 15) is 18.8 Å². The van der Waals surface area contributed by atoms with Crippen molar-refractivity contribution in [2.45, 2.75) is 20.0 Å². The fourth-order valence-corrected chi connectivity index (χ4v) is 3.27. The van der Waals surface area contributed by atoms with Crippen molar-refractivity contribution >= 4 is 17.5 Å². The number of aromatic nitrogens is 3. The van der Waals surface area contributed by atoms with Crippen LogP contribution in [0.2, 0.25) is 0 Å². The van der Waals surface area contributed by atoms with Crippen LogP contribution in [0.3, 0.4) is 0 Å². The van der Waals surface area contributed by atoms with Crippen molar-refractivity contribution in [3.63, 3.8) is 0 Å².